The first-order valence-corrected chi connectivity index (χ1v) is 6.50. The Morgan fingerprint density at radius 1 is 1.00 bits per heavy atom. The molecule has 0 spiro atoms. The van der Waals surface area contributed by atoms with Crippen LogP contribution in [0.5, 0.6) is 0 Å². The molecule has 0 aliphatic rings. The van der Waals surface area contributed by atoms with Crippen LogP contribution < -0.4 is 0 Å². The first kappa shape index (κ1) is 11.0. The van der Waals surface area contributed by atoms with E-state index in [0.717, 1.165) is 18.1 Å². The van der Waals surface area contributed by atoms with Crippen LogP contribution in [0, 0.1) is 0 Å². The molecule has 2 nitrogen and oxygen atoms in total. The molecule has 0 aliphatic carbocycles. The standard InChI is InChI=1S/C9H15N2Si/c1-4-7-12(11-10,8-5-2)9-6-3/h4-6H,1-3,7-9H2/q-1. The molecule has 12 heavy (non-hydrogen) atoms. The maximum absolute atomic E-state index is 8.91. The summed E-state index contributed by atoms with van der Waals surface area (Å²) in [5.74, 6) is 0. The van der Waals surface area contributed by atoms with Crippen molar-refractivity contribution in [1.82, 2.24) is 0 Å². The molecule has 3 heteroatoms. The molecular weight excluding hydrogens is 164 g/mol. The third-order valence-corrected chi connectivity index (χ3v) is 5.36. The van der Waals surface area contributed by atoms with Crippen molar-refractivity contribution in [2.75, 3.05) is 0 Å². The van der Waals surface area contributed by atoms with Crippen LogP contribution in [0.2, 0.25) is 18.1 Å². The highest BCUT2D eigenvalue weighted by Gasteiger charge is 2.24. The van der Waals surface area contributed by atoms with Crippen molar-refractivity contribution >= 4 is 8.24 Å². The molecule has 66 valence electrons. The van der Waals surface area contributed by atoms with Gasteiger partial charge in [0, 0.05) is 0 Å². The van der Waals surface area contributed by atoms with Crippen molar-refractivity contribution in [3.8, 4) is 0 Å². The van der Waals surface area contributed by atoms with Crippen molar-refractivity contribution in [1.29, 1.82) is 0 Å². The van der Waals surface area contributed by atoms with Gasteiger partial charge in [0.25, 0.3) is 0 Å². The zero-order valence-corrected chi connectivity index (χ0v) is 8.37. The van der Waals surface area contributed by atoms with Crippen LogP contribution in [0.4, 0.5) is 0 Å². The third kappa shape index (κ3) is 2.96. The highest BCUT2D eigenvalue weighted by Crippen LogP contribution is 2.23. The van der Waals surface area contributed by atoms with Gasteiger partial charge in [0.2, 0.25) is 0 Å². The molecule has 0 saturated carbocycles. The van der Waals surface area contributed by atoms with E-state index in [4.69, 9.17) is 5.53 Å². The molecule has 0 radical (unpaired) electrons. The Bertz CT molecular complexity index is 160. The average Bonchev–Trinajstić information content (AvgIpc) is 2.06. The molecule has 0 amide bonds. The van der Waals surface area contributed by atoms with E-state index in [2.05, 4.69) is 24.5 Å². The second kappa shape index (κ2) is 5.66. The monoisotopic (exact) mass is 179 g/mol. The fourth-order valence-corrected chi connectivity index (χ4v) is 3.54. The summed E-state index contributed by atoms with van der Waals surface area (Å²) < 4.78 is 3.51. The second-order valence-electron chi connectivity index (χ2n) is 2.80. The summed E-state index contributed by atoms with van der Waals surface area (Å²) in [4.78, 5) is 0. The number of allylic oxidation sites excluding steroid dienone is 3. The zero-order valence-electron chi connectivity index (χ0n) is 7.37. The lowest BCUT2D eigenvalue weighted by Crippen LogP contribution is -2.28. The highest BCUT2D eigenvalue weighted by molar-refractivity contribution is 6.79. The van der Waals surface area contributed by atoms with Gasteiger partial charge in [-0.15, -0.1) is 19.7 Å². The van der Waals surface area contributed by atoms with Crippen LogP contribution >= 0.6 is 0 Å². The SMILES string of the molecule is C=CC[Si](CC=C)(CC=C)N=[N-]. The van der Waals surface area contributed by atoms with Gasteiger partial charge < -0.3 is 10.3 Å². The van der Waals surface area contributed by atoms with Gasteiger partial charge in [-0.05, 0) is 18.1 Å². The highest BCUT2D eigenvalue weighted by atomic mass is 28.3. The molecule has 0 fully saturated rings. The topological polar surface area (TPSA) is 34.7 Å². The lowest BCUT2D eigenvalue weighted by Gasteiger charge is -2.26. The van der Waals surface area contributed by atoms with Gasteiger partial charge in [0.15, 0.2) is 8.24 Å². The van der Waals surface area contributed by atoms with E-state index < -0.39 is 8.24 Å². The smallest absolute Gasteiger partial charge is 0.164 e. The van der Waals surface area contributed by atoms with E-state index >= 15 is 0 Å². The van der Waals surface area contributed by atoms with Crippen LogP contribution in [-0.2, 0) is 0 Å². The van der Waals surface area contributed by atoms with Gasteiger partial charge in [-0.25, -0.2) is 0 Å². The molecule has 0 atom stereocenters. The predicted molar refractivity (Wildman–Crippen MR) is 56.6 cm³/mol. The molecule has 0 unspecified atom stereocenters. The quantitative estimate of drug-likeness (QED) is 0.326. The normalized spacial score (nSPS) is 10.3. The van der Waals surface area contributed by atoms with Crippen LogP contribution in [-0.4, -0.2) is 8.24 Å². The van der Waals surface area contributed by atoms with Crippen molar-refractivity contribution in [3.63, 3.8) is 0 Å². The van der Waals surface area contributed by atoms with Crippen molar-refractivity contribution in [3.05, 3.63) is 43.5 Å². The summed E-state index contributed by atoms with van der Waals surface area (Å²) in [5.41, 5.74) is 8.91. The van der Waals surface area contributed by atoms with Gasteiger partial charge >= 0.3 is 0 Å². The predicted octanol–water partition coefficient (Wildman–Crippen LogP) is 3.51. The Hall–Kier alpha value is -0.963. The Balaban J connectivity index is 4.45. The van der Waals surface area contributed by atoms with Crippen LogP contribution in [0.1, 0.15) is 0 Å². The van der Waals surface area contributed by atoms with Crippen molar-refractivity contribution in [2.45, 2.75) is 18.1 Å². The number of hydrogen-bond donors (Lipinski definition) is 0. The molecule has 0 heterocycles. The summed E-state index contributed by atoms with van der Waals surface area (Å²) >= 11 is 0. The third-order valence-electron chi connectivity index (χ3n) is 1.79. The molecule has 0 aromatic carbocycles. The first-order chi connectivity index (χ1) is 5.74. The summed E-state index contributed by atoms with van der Waals surface area (Å²) in [6.07, 6.45) is 5.41. The van der Waals surface area contributed by atoms with Gasteiger partial charge in [-0.3, -0.25) is 0 Å². The van der Waals surface area contributed by atoms with E-state index in [1.807, 2.05) is 0 Å². The van der Waals surface area contributed by atoms with Gasteiger partial charge in [-0.1, -0.05) is 18.2 Å². The van der Waals surface area contributed by atoms with E-state index in [9.17, 15) is 0 Å². The molecule has 0 aromatic heterocycles. The van der Waals surface area contributed by atoms with E-state index in [0.29, 0.717) is 0 Å². The number of nitrogens with zero attached hydrogens (tertiary/aromatic N) is 2. The lowest BCUT2D eigenvalue weighted by molar-refractivity contribution is 1.29. The minimum absolute atomic E-state index is 0.779. The Labute approximate surface area is 75.3 Å². The van der Waals surface area contributed by atoms with Gasteiger partial charge in [-0.2, -0.15) is 0 Å². The van der Waals surface area contributed by atoms with Crippen LogP contribution in [0.3, 0.4) is 0 Å². The first-order valence-electron chi connectivity index (χ1n) is 3.93. The van der Waals surface area contributed by atoms with Crippen LogP contribution in [0.25, 0.3) is 5.53 Å². The lowest BCUT2D eigenvalue weighted by atomic mass is 10.7. The van der Waals surface area contributed by atoms with E-state index in [1.165, 1.54) is 0 Å². The van der Waals surface area contributed by atoms with Crippen LogP contribution in [0.15, 0.2) is 42.7 Å². The molecule has 0 aliphatic heterocycles. The summed E-state index contributed by atoms with van der Waals surface area (Å²) in [6, 6.07) is 2.34. The average molecular weight is 179 g/mol. The molecule has 0 saturated heterocycles. The van der Waals surface area contributed by atoms with E-state index in [1.54, 1.807) is 18.2 Å². The maximum atomic E-state index is 8.91. The maximum Gasteiger partial charge on any atom is 0.164 e. The Kier molecular flexibility index (Phi) is 5.20. The minimum atomic E-state index is -1.94. The fraction of sp³-hybridized carbons (Fsp3) is 0.333. The van der Waals surface area contributed by atoms with Crippen molar-refractivity contribution in [2.24, 2.45) is 4.78 Å². The number of hydrogen-bond acceptors (Lipinski definition) is 1. The second-order valence-corrected chi connectivity index (χ2v) is 6.68. The van der Waals surface area contributed by atoms with Gasteiger partial charge in [0.05, 0.1) is 0 Å². The summed E-state index contributed by atoms with van der Waals surface area (Å²) in [6.45, 7) is 11.0. The largest absolute Gasteiger partial charge is 0.722 e. The number of rotatable bonds is 7. The summed E-state index contributed by atoms with van der Waals surface area (Å²) in [5, 5.41) is 0. The van der Waals surface area contributed by atoms with Crippen molar-refractivity contribution < 1.29 is 0 Å². The molecule has 0 rings (SSSR count). The molecule has 0 bridgehead atoms. The summed E-state index contributed by atoms with van der Waals surface area (Å²) in [7, 11) is -1.94. The Morgan fingerprint density at radius 3 is 1.50 bits per heavy atom. The zero-order chi connectivity index (χ0) is 9.45. The van der Waals surface area contributed by atoms with Gasteiger partial charge in [0.1, 0.15) is 0 Å². The van der Waals surface area contributed by atoms with E-state index in [-0.39, 0.29) is 0 Å². The fourth-order valence-electron chi connectivity index (χ4n) is 1.18. The Morgan fingerprint density at radius 2 is 1.33 bits per heavy atom. The molecule has 0 N–H and O–H groups in total. The molecular formula is C9H15N2Si-. The minimum Gasteiger partial charge on any atom is -0.722 e. The molecule has 0 aromatic rings.